The largest absolute Gasteiger partial charge is 0.393 e. The van der Waals surface area contributed by atoms with Gasteiger partial charge in [0, 0.05) is 0 Å². The summed E-state index contributed by atoms with van der Waals surface area (Å²) in [5.41, 5.74) is 2.61. The van der Waals surface area contributed by atoms with Crippen molar-refractivity contribution in [1.29, 1.82) is 0 Å². The number of hydrogen-bond acceptors (Lipinski definition) is 1. The molecule has 0 amide bonds. The van der Waals surface area contributed by atoms with Gasteiger partial charge in [0.25, 0.3) is 0 Å². The summed E-state index contributed by atoms with van der Waals surface area (Å²) in [6, 6.07) is 0. The van der Waals surface area contributed by atoms with Crippen LogP contribution >= 0.6 is 0 Å². The second-order valence-corrected chi connectivity index (χ2v) is 13.0. The molecule has 29 heavy (non-hydrogen) atoms. The molecule has 4 saturated carbocycles. The second-order valence-electron chi connectivity index (χ2n) is 13.0. The van der Waals surface area contributed by atoms with Gasteiger partial charge in [-0.2, -0.15) is 0 Å². The predicted molar refractivity (Wildman–Crippen MR) is 121 cm³/mol. The normalized spacial score (nSPS) is 52.4. The topological polar surface area (TPSA) is 20.2 Å². The quantitative estimate of drug-likeness (QED) is 0.495. The van der Waals surface area contributed by atoms with Crippen molar-refractivity contribution in [3.63, 3.8) is 0 Å². The maximum atomic E-state index is 10.2. The molecule has 0 aromatic carbocycles. The maximum absolute atomic E-state index is 10.2. The fourth-order valence-electron chi connectivity index (χ4n) is 9.62. The average molecular weight is 399 g/mol. The molecule has 5 rings (SSSR count). The van der Waals surface area contributed by atoms with Crippen LogP contribution in [-0.4, -0.2) is 11.2 Å². The lowest BCUT2D eigenvalue weighted by atomic mass is 9.47. The first-order valence-electron chi connectivity index (χ1n) is 13.1. The summed E-state index contributed by atoms with van der Waals surface area (Å²) < 4.78 is 0. The fraction of sp³-hybridized carbons (Fsp3) is 0.929. The van der Waals surface area contributed by atoms with Gasteiger partial charge in [0.05, 0.1) is 6.10 Å². The van der Waals surface area contributed by atoms with Crippen LogP contribution in [0.15, 0.2) is 11.6 Å². The Kier molecular flexibility index (Phi) is 5.05. The molecule has 5 aliphatic carbocycles. The molecule has 0 spiro atoms. The first-order chi connectivity index (χ1) is 13.7. The molecular formula is C28H46O. The van der Waals surface area contributed by atoms with Crippen LogP contribution < -0.4 is 0 Å². The smallest absolute Gasteiger partial charge is 0.0577 e. The Labute approximate surface area is 180 Å². The SMILES string of the molecule is CC(C)[C@@H]1C[C@@H]1C[C@@H](C)[C@H]1CC[C@H]2[C@@H]3CC=C4C[C@@H](O)CC[C@]4(C)[C@H]3CC[C@]12C. The molecule has 10 atom stereocenters. The van der Waals surface area contributed by atoms with Gasteiger partial charge in [-0.3, -0.25) is 0 Å². The minimum Gasteiger partial charge on any atom is -0.393 e. The lowest BCUT2D eigenvalue weighted by Crippen LogP contribution is -2.50. The molecule has 5 aliphatic rings. The van der Waals surface area contributed by atoms with E-state index in [0.717, 1.165) is 60.2 Å². The molecule has 0 aliphatic heterocycles. The molecule has 0 saturated heterocycles. The van der Waals surface area contributed by atoms with Crippen LogP contribution in [0.5, 0.6) is 0 Å². The van der Waals surface area contributed by atoms with Crippen LogP contribution in [0.4, 0.5) is 0 Å². The van der Waals surface area contributed by atoms with E-state index in [9.17, 15) is 5.11 Å². The van der Waals surface area contributed by atoms with E-state index in [4.69, 9.17) is 0 Å². The van der Waals surface area contributed by atoms with Gasteiger partial charge in [0.2, 0.25) is 0 Å². The van der Waals surface area contributed by atoms with E-state index in [1.807, 2.05) is 0 Å². The molecule has 0 aromatic heterocycles. The number of allylic oxidation sites excluding steroid dienone is 1. The zero-order chi connectivity index (χ0) is 20.6. The van der Waals surface area contributed by atoms with Crippen molar-refractivity contribution in [2.24, 2.45) is 58.2 Å². The van der Waals surface area contributed by atoms with Gasteiger partial charge in [0.1, 0.15) is 0 Å². The Balaban J connectivity index is 1.32. The van der Waals surface area contributed by atoms with Crippen molar-refractivity contribution in [1.82, 2.24) is 0 Å². The van der Waals surface area contributed by atoms with E-state index in [2.05, 4.69) is 40.7 Å². The third-order valence-electron chi connectivity index (χ3n) is 11.3. The highest BCUT2D eigenvalue weighted by Gasteiger charge is 2.59. The second kappa shape index (κ2) is 7.11. The molecule has 1 N–H and O–H groups in total. The zero-order valence-corrected chi connectivity index (χ0v) is 19.8. The molecule has 0 bridgehead atoms. The number of aliphatic hydroxyl groups is 1. The standard InChI is InChI=1S/C28H46O/c1-17(2)23-15-19(23)14-18(3)24-8-9-25-22-7-6-20-16-21(29)10-12-27(20,4)26(22)11-13-28(24,25)5/h6,17-19,21-26,29H,7-16H2,1-5H3/t18-,19+,21+,22+,23+,24-,25+,26+,27+,28-/m1/s1. The summed E-state index contributed by atoms with van der Waals surface area (Å²) in [5, 5.41) is 10.2. The maximum Gasteiger partial charge on any atom is 0.0577 e. The Morgan fingerprint density at radius 2 is 1.83 bits per heavy atom. The van der Waals surface area contributed by atoms with Crippen LogP contribution in [-0.2, 0) is 0 Å². The average Bonchev–Trinajstić information content (AvgIpc) is 3.34. The Morgan fingerprint density at radius 3 is 2.55 bits per heavy atom. The van der Waals surface area contributed by atoms with Crippen molar-refractivity contribution in [2.75, 3.05) is 0 Å². The summed E-state index contributed by atoms with van der Waals surface area (Å²) in [6.45, 7) is 12.8. The Morgan fingerprint density at radius 1 is 1.03 bits per heavy atom. The van der Waals surface area contributed by atoms with Gasteiger partial charge in [-0.05, 0) is 122 Å². The summed E-state index contributed by atoms with van der Waals surface area (Å²) in [6.07, 6.45) is 16.0. The van der Waals surface area contributed by atoms with Crippen molar-refractivity contribution in [2.45, 2.75) is 105 Å². The van der Waals surface area contributed by atoms with Gasteiger partial charge < -0.3 is 5.11 Å². The van der Waals surface area contributed by atoms with Gasteiger partial charge in [-0.1, -0.05) is 46.3 Å². The highest BCUT2D eigenvalue weighted by molar-refractivity contribution is 5.25. The van der Waals surface area contributed by atoms with E-state index in [-0.39, 0.29) is 6.10 Å². The van der Waals surface area contributed by atoms with Gasteiger partial charge in [-0.25, -0.2) is 0 Å². The lowest BCUT2D eigenvalue weighted by Gasteiger charge is -2.58. The molecule has 0 heterocycles. The first-order valence-corrected chi connectivity index (χ1v) is 13.1. The van der Waals surface area contributed by atoms with E-state index in [0.29, 0.717) is 10.8 Å². The van der Waals surface area contributed by atoms with E-state index < -0.39 is 0 Å². The molecule has 164 valence electrons. The number of rotatable bonds is 4. The molecule has 1 heteroatoms. The highest BCUT2D eigenvalue weighted by atomic mass is 16.3. The van der Waals surface area contributed by atoms with Crippen molar-refractivity contribution < 1.29 is 5.11 Å². The van der Waals surface area contributed by atoms with Gasteiger partial charge in [-0.15, -0.1) is 0 Å². The minimum atomic E-state index is -0.0754. The zero-order valence-electron chi connectivity index (χ0n) is 19.8. The van der Waals surface area contributed by atoms with Crippen LogP contribution in [0.3, 0.4) is 0 Å². The van der Waals surface area contributed by atoms with Crippen LogP contribution in [0.2, 0.25) is 0 Å². The molecule has 4 fully saturated rings. The lowest BCUT2D eigenvalue weighted by molar-refractivity contribution is -0.0575. The first kappa shape index (κ1) is 20.6. The van der Waals surface area contributed by atoms with E-state index >= 15 is 0 Å². The molecular weight excluding hydrogens is 352 g/mol. The number of aliphatic hydroxyl groups excluding tert-OH is 1. The summed E-state index contributed by atoms with van der Waals surface area (Å²) in [5.74, 6) is 7.61. The monoisotopic (exact) mass is 398 g/mol. The molecule has 0 aromatic rings. The van der Waals surface area contributed by atoms with Crippen LogP contribution in [0.1, 0.15) is 98.8 Å². The Bertz CT molecular complexity index is 663. The Hall–Kier alpha value is -0.300. The summed E-state index contributed by atoms with van der Waals surface area (Å²) in [7, 11) is 0. The van der Waals surface area contributed by atoms with E-state index in [1.54, 1.807) is 5.57 Å². The number of fused-ring (bicyclic) bond motifs is 5. The van der Waals surface area contributed by atoms with Crippen LogP contribution in [0.25, 0.3) is 0 Å². The molecule has 0 radical (unpaired) electrons. The third-order valence-corrected chi connectivity index (χ3v) is 11.3. The third kappa shape index (κ3) is 3.19. The summed E-state index contributed by atoms with van der Waals surface area (Å²) >= 11 is 0. The van der Waals surface area contributed by atoms with Crippen LogP contribution in [0, 0.1) is 58.2 Å². The molecule has 0 unspecified atom stereocenters. The minimum absolute atomic E-state index is 0.0754. The van der Waals surface area contributed by atoms with Crippen molar-refractivity contribution in [3.8, 4) is 0 Å². The molecule has 1 nitrogen and oxygen atoms in total. The van der Waals surface area contributed by atoms with E-state index in [1.165, 1.54) is 51.4 Å². The van der Waals surface area contributed by atoms with Gasteiger partial charge >= 0.3 is 0 Å². The predicted octanol–water partition coefficient (Wildman–Crippen LogP) is 7.24. The summed E-state index contributed by atoms with van der Waals surface area (Å²) in [4.78, 5) is 0. The number of hydrogen-bond donors (Lipinski definition) is 1. The highest BCUT2D eigenvalue weighted by Crippen LogP contribution is 2.67. The van der Waals surface area contributed by atoms with Gasteiger partial charge in [0.15, 0.2) is 0 Å². The fourth-order valence-corrected chi connectivity index (χ4v) is 9.62. The van der Waals surface area contributed by atoms with Crippen molar-refractivity contribution in [3.05, 3.63) is 11.6 Å². The van der Waals surface area contributed by atoms with Crippen molar-refractivity contribution >= 4 is 0 Å².